The maximum Gasteiger partial charge on any atom is 0.223 e. The predicted molar refractivity (Wildman–Crippen MR) is 64.3 cm³/mol. The number of hydrogen-bond donors (Lipinski definition) is 2. The molecule has 1 fully saturated rings. The van der Waals surface area contributed by atoms with Gasteiger partial charge in [-0.3, -0.25) is 4.79 Å². The van der Waals surface area contributed by atoms with E-state index in [2.05, 4.69) is 17.6 Å². The lowest BCUT2D eigenvalue weighted by Gasteiger charge is -2.31. The summed E-state index contributed by atoms with van der Waals surface area (Å²) in [4.78, 5) is 12.0. The second-order valence-electron chi connectivity index (χ2n) is 5.38. The molecule has 2 N–H and O–H groups in total. The Bertz CT molecular complexity index is 241. The zero-order chi connectivity index (χ0) is 12.2. The molecule has 94 valence electrons. The van der Waals surface area contributed by atoms with E-state index >= 15 is 0 Å². The van der Waals surface area contributed by atoms with Gasteiger partial charge in [-0.05, 0) is 40.2 Å². The van der Waals surface area contributed by atoms with Gasteiger partial charge in [0, 0.05) is 19.1 Å². The molecular formula is C12H24N2O2. The molecule has 1 heterocycles. The molecule has 0 aromatic rings. The lowest BCUT2D eigenvalue weighted by molar-refractivity contribution is -0.128. The third kappa shape index (κ3) is 4.10. The van der Waals surface area contributed by atoms with E-state index in [4.69, 9.17) is 4.74 Å². The molecule has 0 aromatic carbocycles. The topological polar surface area (TPSA) is 50.4 Å². The van der Waals surface area contributed by atoms with Crippen molar-refractivity contribution in [2.24, 2.45) is 5.92 Å². The van der Waals surface area contributed by atoms with E-state index in [1.54, 1.807) is 7.11 Å². The van der Waals surface area contributed by atoms with Gasteiger partial charge < -0.3 is 15.4 Å². The monoisotopic (exact) mass is 228 g/mol. The maximum atomic E-state index is 12.0. The van der Waals surface area contributed by atoms with Crippen molar-refractivity contribution in [2.45, 2.75) is 45.2 Å². The van der Waals surface area contributed by atoms with Gasteiger partial charge in [-0.15, -0.1) is 0 Å². The number of carbonyl (C=O) groups is 1. The van der Waals surface area contributed by atoms with E-state index in [0.717, 1.165) is 19.4 Å². The van der Waals surface area contributed by atoms with Crippen LogP contribution in [0, 0.1) is 5.92 Å². The predicted octanol–water partition coefficient (Wildman–Crippen LogP) is 0.916. The third-order valence-corrected chi connectivity index (χ3v) is 2.96. The van der Waals surface area contributed by atoms with Gasteiger partial charge in [0.05, 0.1) is 12.1 Å². The molecule has 0 saturated carbocycles. The molecule has 0 radical (unpaired) electrons. The van der Waals surface area contributed by atoms with Gasteiger partial charge in [-0.25, -0.2) is 0 Å². The fourth-order valence-corrected chi connectivity index (χ4v) is 2.20. The summed E-state index contributed by atoms with van der Waals surface area (Å²) in [5, 5.41) is 6.41. The van der Waals surface area contributed by atoms with Gasteiger partial charge in [0.1, 0.15) is 0 Å². The highest BCUT2D eigenvalue weighted by Gasteiger charge is 2.28. The molecule has 0 aliphatic carbocycles. The van der Waals surface area contributed by atoms with Crippen LogP contribution in [0.5, 0.6) is 0 Å². The van der Waals surface area contributed by atoms with Crippen LogP contribution in [-0.2, 0) is 9.53 Å². The molecule has 1 amide bonds. The van der Waals surface area contributed by atoms with Crippen molar-refractivity contribution in [3.05, 3.63) is 0 Å². The van der Waals surface area contributed by atoms with Crippen molar-refractivity contribution in [2.75, 3.05) is 20.3 Å². The van der Waals surface area contributed by atoms with Crippen LogP contribution < -0.4 is 10.6 Å². The number of amides is 1. The largest absolute Gasteiger partial charge is 0.382 e. The fourth-order valence-electron chi connectivity index (χ4n) is 2.20. The zero-order valence-corrected chi connectivity index (χ0v) is 10.8. The highest BCUT2D eigenvalue weighted by Crippen LogP contribution is 2.17. The van der Waals surface area contributed by atoms with Gasteiger partial charge in [0.25, 0.3) is 0 Å². The smallest absolute Gasteiger partial charge is 0.223 e. The first-order valence-corrected chi connectivity index (χ1v) is 5.99. The summed E-state index contributed by atoms with van der Waals surface area (Å²) < 4.78 is 5.09. The lowest BCUT2D eigenvalue weighted by Crippen LogP contribution is -2.51. The Labute approximate surface area is 98.1 Å². The molecule has 0 aromatic heterocycles. The van der Waals surface area contributed by atoms with Crippen molar-refractivity contribution in [1.82, 2.24) is 10.6 Å². The summed E-state index contributed by atoms with van der Waals surface area (Å²) in [5.41, 5.74) is -0.278. The standard InChI is InChI=1S/C12H24N2O2/c1-9-7-10(5-6-13-9)11(15)14-12(2,3)8-16-4/h9-10,13H,5-8H2,1-4H3,(H,14,15). The van der Waals surface area contributed by atoms with Gasteiger partial charge in [0.2, 0.25) is 5.91 Å². The number of rotatable bonds is 4. The summed E-state index contributed by atoms with van der Waals surface area (Å²) in [7, 11) is 1.65. The van der Waals surface area contributed by atoms with Crippen molar-refractivity contribution >= 4 is 5.91 Å². The number of methoxy groups -OCH3 is 1. The Kier molecular flexibility index (Phi) is 4.74. The van der Waals surface area contributed by atoms with E-state index in [9.17, 15) is 4.79 Å². The van der Waals surface area contributed by atoms with Gasteiger partial charge >= 0.3 is 0 Å². The molecule has 0 spiro atoms. The van der Waals surface area contributed by atoms with Gasteiger partial charge in [-0.2, -0.15) is 0 Å². The van der Waals surface area contributed by atoms with Crippen LogP contribution in [0.4, 0.5) is 0 Å². The van der Waals surface area contributed by atoms with Crippen molar-refractivity contribution in [3.63, 3.8) is 0 Å². The molecule has 1 aliphatic rings. The summed E-state index contributed by atoms with van der Waals surface area (Å²) in [6, 6.07) is 0.440. The normalized spacial score (nSPS) is 26.5. The SMILES string of the molecule is COCC(C)(C)NC(=O)C1CCNC(C)C1. The Morgan fingerprint density at radius 1 is 1.56 bits per heavy atom. The molecule has 2 atom stereocenters. The minimum atomic E-state index is -0.278. The van der Waals surface area contributed by atoms with Crippen LogP contribution in [-0.4, -0.2) is 37.7 Å². The lowest BCUT2D eigenvalue weighted by atomic mass is 9.91. The summed E-state index contributed by atoms with van der Waals surface area (Å²) in [5.74, 6) is 0.308. The number of piperidine rings is 1. The van der Waals surface area contributed by atoms with Gasteiger partial charge in [-0.1, -0.05) is 0 Å². The number of nitrogens with one attached hydrogen (secondary N) is 2. The number of hydrogen-bond acceptors (Lipinski definition) is 3. The molecule has 16 heavy (non-hydrogen) atoms. The second kappa shape index (κ2) is 5.64. The molecule has 1 aliphatic heterocycles. The van der Waals surface area contributed by atoms with Crippen LogP contribution in [0.2, 0.25) is 0 Å². The second-order valence-corrected chi connectivity index (χ2v) is 5.38. The molecule has 4 heteroatoms. The van der Waals surface area contributed by atoms with Crippen LogP contribution in [0.1, 0.15) is 33.6 Å². The van der Waals surface area contributed by atoms with E-state index in [-0.39, 0.29) is 17.4 Å². The third-order valence-electron chi connectivity index (χ3n) is 2.96. The molecule has 4 nitrogen and oxygen atoms in total. The fraction of sp³-hybridized carbons (Fsp3) is 0.917. The van der Waals surface area contributed by atoms with Crippen molar-refractivity contribution in [3.8, 4) is 0 Å². The van der Waals surface area contributed by atoms with E-state index in [1.807, 2.05) is 13.8 Å². The van der Waals surface area contributed by atoms with E-state index in [0.29, 0.717) is 12.6 Å². The number of ether oxygens (including phenoxy) is 1. The average Bonchev–Trinajstić information content (AvgIpc) is 2.16. The maximum absolute atomic E-state index is 12.0. The first-order valence-electron chi connectivity index (χ1n) is 5.99. The molecule has 1 rings (SSSR count). The summed E-state index contributed by atoms with van der Waals surface area (Å²) >= 11 is 0. The van der Waals surface area contributed by atoms with E-state index in [1.165, 1.54) is 0 Å². The van der Waals surface area contributed by atoms with Crippen LogP contribution in [0.3, 0.4) is 0 Å². The Morgan fingerprint density at radius 3 is 2.81 bits per heavy atom. The Hall–Kier alpha value is -0.610. The van der Waals surface area contributed by atoms with E-state index < -0.39 is 0 Å². The van der Waals surface area contributed by atoms with Crippen molar-refractivity contribution < 1.29 is 9.53 Å². The molecular weight excluding hydrogens is 204 g/mol. The summed E-state index contributed by atoms with van der Waals surface area (Å²) in [6.45, 7) is 7.57. The Balaban J connectivity index is 2.45. The first-order chi connectivity index (χ1) is 7.44. The highest BCUT2D eigenvalue weighted by atomic mass is 16.5. The van der Waals surface area contributed by atoms with Gasteiger partial charge in [0.15, 0.2) is 0 Å². The molecule has 2 unspecified atom stereocenters. The molecule has 0 bridgehead atoms. The molecule has 1 saturated heterocycles. The highest BCUT2D eigenvalue weighted by molar-refractivity contribution is 5.79. The first kappa shape index (κ1) is 13.5. The minimum Gasteiger partial charge on any atom is -0.382 e. The minimum absolute atomic E-state index is 0.146. The quantitative estimate of drug-likeness (QED) is 0.752. The average molecular weight is 228 g/mol. The van der Waals surface area contributed by atoms with Crippen LogP contribution in [0.15, 0.2) is 0 Å². The number of carbonyl (C=O) groups excluding carboxylic acids is 1. The Morgan fingerprint density at radius 2 is 2.25 bits per heavy atom. The zero-order valence-electron chi connectivity index (χ0n) is 10.8. The van der Waals surface area contributed by atoms with Crippen molar-refractivity contribution in [1.29, 1.82) is 0 Å². The van der Waals surface area contributed by atoms with Crippen LogP contribution in [0.25, 0.3) is 0 Å². The summed E-state index contributed by atoms with van der Waals surface area (Å²) in [6.07, 6.45) is 1.86. The van der Waals surface area contributed by atoms with Crippen LogP contribution >= 0.6 is 0 Å².